The first-order chi connectivity index (χ1) is 13.1. The Bertz CT molecular complexity index is 1100. The monoisotopic (exact) mass is 410 g/mol. The lowest BCUT2D eigenvalue weighted by molar-refractivity contribution is -0.0328. The second-order valence-corrected chi connectivity index (χ2v) is 6.78. The molecule has 146 valence electrons. The Balaban J connectivity index is 2.20. The summed E-state index contributed by atoms with van der Waals surface area (Å²) >= 11 is -0.256. The highest BCUT2D eigenvalue weighted by Gasteiger charge is 2.29. The number of rotatable bonds is 4. The quantitative estimate of drug-likeness (QED) is 0.524. The van der Waals surface area contributed by atoms with E-state index in [0.29, 0.717) is 5.52 Å². The van der Waals surface area contributed by atoms with Crippen molar-refractivity contribution in [1.82, 2.24) is 14.5 Å². The van der Waals surface area contributed by atoms with Gasteiger partial charge >= 0.3 is 11.5 Å². The summed E-state index contributed by atoms with van der Waals surface area (Å²) in [6.45, 7) is 0. The zero-order valence-corrected chi connectivity index (χ0v) is 15.4. The Hall–Kier alpha value is -3.08. The molecule has 1 amide bonds. The van der Waals surface area contributed by atoms with Crippen LogP contribution in [0.2, 0.25) is 0 Å². The number of halogens is 3. The maximum absolute atomic E-state index is 12.6. The molecule has 0 aliphatic carbocycles. The van der Waals surface area contributed by atoms with E-state index in [0.717, 1.165) is 0 Å². The highest BCUT2D eigenvalue weighted by atomic mass is 32.2. The third kappa shape index (κ3) is 3.79. The molecule has 0 aliphatic rings. The van der Waals surface area contributed by atoms with Gasteiger partial charge in [-0.1, -0.05) is 0 Å². The van der Waals surface area contributed by atoms with Crippen molar-refractivity contribution in [2.24, 2.45) is 12.8 Å². The van der Waals surface area contributed by atoms with Gasteiger partial charge in [-0.3, -0.25) is 4.79 Å². The van der Waals surface area contributed by atoms with Gasteiger partial charge in [-0.25, -0.2) is 14.8 Å². The van der Waals surface area contributed by atoms with E-state index in [1.807, 2.05) is 0 Å². The number of hydrogen-bond acceptors (Lipinski definition) is 6. The number of hydrogen-bond donors (Lipinski definition) is 1. The molecule has 0 saturated carbocycles. The summed E-state index contributed by atoms with van der Waals surface area (Å²) in [4.78, 5) is 31.9. The first kappa shape index (κ1) is 19.7. The fourth-order valence-electron chi connectivity index (χ4n) is 2.63. The van der Waals surface area contributed by atoms with Gasteiger partial charge in [-0.15, -0.1) is 0 Å². The van der Waals surface area contributed by atoms with Crippen molar-refractivity contribution in [1.29, 1.82) is 0 Å². The van der Waals surface area contributed by atoms with Gasteiger partial charge in [0.15, 0.2) is 5.82 Å². The van der Waals surface area contributed by atoms with E-state index in [9.17, 15) is 22.8 Å². The average Bonchev–Trinajstić information content (AvgIpc) is 2.95. The first-order valence-corrected chi connectivity index (χ1v) is 8.54. The number of carbonyl (C=O) groups excluding carboxylic acids is 2. The number of ether oxygens (including phenoxy) is 1. The molecule has 1 aromatic carbocycles. The number of nitrogens with zero attached hydrogens (tertiary/aromatic N) is 3. The predicted octanol–water partition coefficient (Wildman–Crippen LogP) is 3.13. The SMILES string of the molecule is COC(=O)c1ccc(C(N)=O)nc1-c1nc2cc(SC(F)(F)F)ccc2n1C. The zero-order chi connectivity index (χ0) is 20.6. The van der Waals surface area contributed by atoms with Crippen LogP contribution in [-0.4, -0.2) is 39.0 Å². The fraction of sp³-hybridized carbons (Fsp3) is 0.176. The molecule has 2 N–H and O–H groups in total. The maximum atomic E-state index is 12.6. The Morgan fingerprint density at radius 1 is 1.18 bits per heavy atom. The molecule has 3 rings (SSSR count). The lowest BCUT2D eigenvalue weighted by atomic mass is 10.1. The van der Waals surface area contributed by atoms with Crippen molar-refractivity contribution in [3.05, 3.63) is 41.6 Å². The van der Waals surface area contributed by atoms with Crippen LogP contribution >= 0.6 is 11.8 Å². The molecule has 0 spiro atoms. The zero-order valence-electron chi connectivity index (χ0n) is 14.6. The highest BCUT2D eigenvalue weighted by molar-refractivity contribution is 8.00. The maximum Gasteiger partial charge on any atom is 0.446 e. The van der Waals surface area contributed by atoms with Gasteiger partial charge in [0.1, 0.15) is 11.4 Å². The van der Waals surface area contributed by atoms with Gasteiger partial charge in [0.25, 0.3) is 5.91 Å². The van der Waals surface area contributed by atoms with Gasteiger partial charge in [0.05, 0.1) is 23.7 Å². The van der Waals surface area contributed by atoms with Crippen molar-refractivity contribution in [2.75, 3.05) is 7.11 Å². The molecule has 28 heavy (non-hydrogen) atoms. The summed E-state index contributed by atoms with van der Waals surface area (Å²) in [7, 11) is 2.80. The summed E-state index contributed by atoms with van der Waals surface area (Å²) in [5, 5.41) is 0. The van der Waals surface area contributed by atoms with E-state index < -0.39 is 17.4 Å². The fourth-order valence-corrected chi connectivity index (χ4v) is 3.20. The number of esters is 1. The van der Waals surface area contributed by atoms with Crippen LogP contribution in [0.4, 0.5) is 13.2 Å². The topological polar surface area (TPSA) is 100 Å². The molecule has 2 heterocycles. The van der Waals surface area contributed by atoms with E-state index >= 15 is 0 Å². The third-order valence-electron chi connectivity index (χ3n) is 3.85. The minimum atomic E-state index is -4.43. The number of amides is 1. The Morgan fingerprint density at radius 3 is 2.50 bits per heavy atom. The number of carbonyl (C=O) groups is 2. The van der Waals surface area contributed by atoms with Crippen molar-refractivity contribution in [3.63, 3.8) is 0 Å². The molecule has 7 nitrogen and oxygen atoms in total. The van der Waals surface area contributed by atoms with Crippen molar-refractivity contribution >= 4 is 34.7 Å². The van der Waals surface area contributed by atoms with E-state index in [1.165, 1.54) is 37.4 Å². The summed E-state index contributed by atoms with van der Waals surface area (Å²) in [6, 6.07) is 6.69. The van der Waals surface area contributed by atoms with Gasteiger partial charge in [0, 0.05) is 11.9 Å². The van der Waals surface area contributed by atoms with Crippen LogP contribution in [0.5, 0.6) is 0 Å². The number of imidazole rings is 1. The normalized spacial score (nSPS) is 11.6. The van der Waals surface area contributed by atoms with Crippen LogP contribution in [0.3, 0.4) is 0 Å². The number of primary amides is 1. The van der Waals surface area contributed by atoms with Crippen molar-refractivity contribution < 1.29 is 27.5 Å². The van der Waals surface area contributed by atoms with Gasteiger partial charge in [0.2, 0.25) is 0 Å². The van der Waals surface area contributed by atoms with E-state index in [4.69, 9.17) is 10.5 Å². The summed E-state index contributed by atoms with van der Waals surface area (Å²) < 4.78 is 44.2. The number of pyridine rings is 1. The number of fused-ring (bicyclic) bond motifs is 1. The minimum Gasteiger partial charge on any atom is -0.465 e. The summed E-state index contributed by atoms with van der Waals surface area (Å²) in [5.74, 6) is -1.34. The van der Waals surface area contributed by atoms with Crippen LogP contribution in [0, 0.1) is 0 Å². The van der Waals surface area contributed by atoms with Gasteiger partial charge in [-0.2, -0.15) is 13.2 Å². The number of aromatic nitrogens is 3. The molecule has 0 fully saturated rings. The third-order valence-corrected chi connectivity index (χ3v) is 4.57. The molecule has 11 heteroatoms. The molecule has 0 bridgehead atoms. The van der Waals surface area contributed by atoms with E-state index in [2.05, 4.69) is 9.97 Å². The van der Waals surface area contributed by atoms with Crippen LogP contribution < -0.4 is 5.73 Å². The molecular weight excluding hydrogens is 397 g/mol. The Morgan fingerprint density at radius 2 is 1.89 bits per heavy atom. The molecule has 0 saturated heterocycles. The number of nitrogens with two attached hydrogens (primary N) is 1. The van der Waals surface area contributed by atoms with Crippen LogP contribution in [0.25, 0.3) is 22.6 Å². The molecular formula is C17H13F3N4O3S. The second-order valence-electron chi connectivity index (χ2n) is 5.64. The minimum absolute atomic E-state index is 0.0308. The average molecular weight is 410 g/mol. The second kappa shape index (κ2) is 7.15. The van der Waals surface area contributed by atoms with Gasteiger partial charge in [-0.05, 0) is 42.1 Å². The summed E-state index contributed by atoms with van der Waals surface area (Å²) in [6.07, 6.45) is 0. The number of methoxy groups -OCH3 is 1. The Labute approximate surface area is 160 Å². The highest BCUT2D eigenvalue weighted by Crippen LogP contribution is 2.38. The standard InChI is InChI=1S/C17H13F3N4O3S/c1-24-12-6-3-8(28-17(18,19)20)7-11(12)23-15(24)13-9(16(26)27-2)4-5-10(22-13)14(21)25/h3-7H,1-2H3,(H2,21,25). The molecule has 0 atom stereocenters. The first-order valence-electron chi connectivity index (χ1n) is 7.72. The van der Waals surface area contributed by atoms with Crippen LogP contribution in [0.15, 0.2) is 35.2 Å². The largest absolute Gasteiger partial charge is 0.465 e. The Kier molecular flexibility index (Phi) is 5.02. The van der Waals surface area contributed by atoms with Gasteiger partial charge < -0.3 is 15.0 Å². The predicted molar refractivity (Wildman–Crippen MR) is 95.7 cm³/mol. The van der Waals surface area contributed by atoms with Crippen LogP contribution in [0.1, 0.15) is 20.8 Å². The molecule has 3 aromatic rings. The molecule has 0 unspecified atom stereocenters. The number of benzene rings is 1. The summed E-state index contributed by atoms with van der Waals surface area (Å²) in [5.41, 5.74) is 1.59. The molecule has 2 aromatic heterocycles. The lowest BCUT2D eigenvalue weighted by Gasteiger charge is -2.08. The number of thioether (sulfide) groups is 1. The number of aryl methyl sites for hydroxylation is 1. The number of alkyl halides is 3. The van der Waals surface area contributed by atoms with E-state index in [1.54, 1.807) is 11.6 Å². The van der Waals surface area contributed by atoms with Crippen LogP contribution in [-0.2, 0) is 11.8 Å². The molecule has 0 radical (unpaired) electrons. The smallest absolute Gasteiger partial charge is 0.446 e. The molecule has 0 aliphatic heterocycles. The van der Waals surface area contributed by atoms with Crippen molar-refractivity contribution in [2.45, 2.75) is 10.4 Å². The lowest BCUT2D eigenvalue weighted by Crippen LogP contribution is -2.16. The van der Waals surface area contributed by atoms with Crippen molar-refractivity contribution in [3.8, 4) is 11.5 Å². The van der Waals surface area contributed by atoms with E-state index in [-0.39, 0.29) is 44.9 Å².